The van der Waals surface area contributed by atoms with E-state index in [1.807, 2.05) is 49.4 Å². The number of aromatic nitrogens is 1. The minimum absolute atomic E-state index is 0.0702. The molecular weight excluding hydrogens is 452 g/mol. The molecule has 2 heterocycles. The summed E-state index contributed by atoms with van der Waals surface area (Å²) in [6.07, 6.45) is 3.30. The van der Waals surface area contributed by atoms with Crippen molar-refractivity contribution >= 4 is 44.9 Å². The van der Waals surface area contributed by atoms with Crippen molar-refractivity contribution in [1.82, 2.24) is 4.98 Å². The molecule has 1 amide bonds. The number of thiazole rings is 1. The van der Waals surface area contributed by atoms with Crippen LogP contribution in [-0.2, 0) is 20.7 Å². The maximum Gasteiger partial charge on any atom is 0.311 e. The van der Waals surface area contributed by atoms with Gasteiger partial charge in [0.1, 0.15) is 11.3 Å². The second-order valence-electron chi connectivity index (χ2n) is 7.51. The van der Waals surface area contributed by atoms with Crippen molar-refractivity contribution in [2.24, 2.45) is 0 Å². The van der Waals surface area contributed by atoms with E-state index in [9.17, 15) is 9.59 Å². The lowest BCUT2D eigenvalue weighted by molar-refractivity contribution is -0.142. The molecule has 0 aliphatic heterocycles. The first kappa shape index (κ1) is 23.3. The molecule has 4 rings (SSSR count). The molecule has 0 fully saturated rings. The predicted molar refractivity (Wildman–Crippen MR) is 133 cm³/mol. The van der Waals surface area contributed by atoms with Gasteiger partial charge in [0.2, 0.25) is 5.91 Å². The first-order valence-electron chi connectivity index (χ1n) is 10.7. The third-order valence-electron chi connectivity index (χ3n) is 5.17. The number of furan rings is 1. The van der Waals surface area contributed by atoms with Gasteiger partial charge in [0.15, 0.2) is 5.13 Å². The van der Waals surface area contributed by atoms with Crippen LogP contribution in [0.25, 0.3) is 27.7 Å². The van der Waals surface area contributed by atoms with Crippen LogP contribution in [0.3, 0.4) is 0 Å². The highest BCUT2D eigenvalue weighted by molar-refractivity contribution is 7.14. The summed E-state index contributed by atoms with van der Waals surface area (Å²) >= 11 is 1.25. The second kappa shape index (κ2) is 10.4. The summed E-state index contributed by atoms with van der Waals surface area (Å²) in [5.74, 6) is -0.0702. The normalized spacial score (nSPS) is 11.4. The number of anilines is 1. The van der Waals surface area contributed by atoms with Crippen molar-refractivity contribution in [3.8, 4) is 16.9 Å². The number of allylic oxidation sites excluding steroid dienone is 1. The highest BCUT2D eigenvalue weighted by Gasteiger charge is 2.15. The van der Waals surface area contributed by atoms with E-state index < -0.39 is 0 Å². The molecule has 174 valence electrons. The van der Waals surface area contributed by atoms with Gasteiger partial charge in [-0.2, -0.15) is 0 Å². The summed E-state index contributed by atoms with van der Waals surface area (Å²) in [5, 5.41) is 5.83. The Kier molecular flexibility index (Phi) is 7.08. The Morgan fingerprint density at radius 2 is 2.00 bits per heavy atom. The first-order chi connectivity index (χ1) is 16.5. The number of benzene rings is 2. The number of nitrogens with zero attached hydrogens (tertiary/aromatic N) is 1. The Hall–Kier alpha value is -3.91. The number of carbonyl (C=O) groups excluding carboxylic acids is 2. The number of nitrogens with one attached hydrogen (secondary N) is 1. The monoisotopic (exact) mass is 476 g/mol. The number of ether oxygens (including phenoxy) is 2. The quantitative estimate of drug-likeness (QED) is 0.259. The molecule has 0 aliphatic rings. The van der Waals surface area contributed by atoms with Crippen LogP contribution in [-0.4, -0.2) is 30.6 Å². The molecule has 0 saturated carbocycles. The van der Waals surface area contributed by atoms with E-state index in [1.165, 1.54) is 17.4 Å². The number of amides is 1. The van der Waals surface area contributed by atoms with Crippen molar-refractivity contribution in [3.05, 3.63) is 71.4 Å². The fourth-order valence-electron chi connectivity index (χ4n) is 3.59. The van der Waals surface area contributed by atoms with E-state index in [0.717, 1.165) is 27.6 Å². The highest BCUT2D eigenvalue weighted by atomic mass is 32.1. The Morgan fingerprint density at radius 1 is 1.21 bits per heavy atom. The molecular formula is C26H24N2O5S. The average molecular weight is 477 g/mol. The van der Waals surface area contributed by atoms with E-state index in [1.54, 1.807) is 25.7 Å². The van der Waals surface area contributed by atoms with Gasteiger partial charge >= 0.3 is 5.97 Å². The van der Waals surface area contributed by atoms with Crippen LogP contribution in [0.15, 0.2) is 64.6 Å². The topological polar surface area (TPSA) is 90.7 Å². The van der Waals surface area contributed by atoms with E-state index >= 15 is 0 Å². The van der Waals surface area contributed by atoms with Gasteiger partial charge < -0.3 is 13.9 Å². The lowest BCUT2D eigenvalue weighted by atomic mass is 9.99. The number of rotatable bonds is 8. The zero-order valence-electron chi connectivity index (χ0n) is 19.1. The van der Waals surface area contributed by atoms with Gasteiger partial charge in [0.05, 0.1) is 32.1 Å². The third kappa shape index (κ3) is 5.18. The Balaban J connectivity index is 1.57. The number of hydrogen-bond donors (Lipinski definition) is 1. The molecule has 34 heavy (non-hydrogen) atoms. The lowest BCUT2D eigenvalue weighted by Crippen LogP contribution is -2.10. The first-order valence-corrected chi connectivity index (χ1v) is 11.6. The standard InChI is InChI=1S/C26H24N2O5S/c1-4-32-25(30)11-18-15-34-26(27-18)28-24(29)10-16(2)19-12-20-21(17-8-6-5-7-9-17)14-33-23(20)13-22(19)31-3/h5-10,12-15H,4,11H2,1-3H3,(H,27,28,29)/b16-10+. The van der Waals surface area contributed by atoms with E-state index in [4.69, 9.17) is 13.9 Å². The van der Waals surface area contributed by atoms with Crippen LogP contribution < -0.4 is 10.1 Å². The molecule has 7 nitrogen and oxygen atoms in total. The summed E-state index contributed by atoms with van der Waals surface area (Å²) in [6.45, 7) is 3.91. The highest BCUT2D eigenvalue weighted by Crippen LogP contribution is 2.37. The molecule has 8 heteroatoms. The average Bonchev–Trinajstić information content (AvgIpc) is 3.44. The van der Waals surface area contributed by atoms with Gasteiger partial charge in [-0.05, 0) is 31.1 Å². The fourth-order valence-corrected chi connectivity index (χ4v) is 4.31. The van der Waals surface area contributed by atoms with Gasteiger partial charge in [0.25, 0.3) is 0 Å². The minimum atomic E-state index is -0.349. The van der Waals surface area contributed by atoms with Crippen molar-refractivity contribution in [1.29, 1.82) is 0 Å². The van der Waals surface area contributed by atoms with Gasteiger partial charge in [-0.3, -0.25) is 14.9 Å². The Labute approximate surface area is 201 Å². The molecule has 2 aromatic carbocycles. The molecule has 0 unspecified atom stereocenters. The van der Waals surface area contributed by atoms with E-state index in [0.29, 0.717) is 28.8 Å². The summed E-state index contributed by atoms with van der Waals surface area (Å²) in [7, 11) is 1.58. The van der Waals surface area contributed by atoms with Crippen LogP contribution in [0.5, 0.6) is 5.75 Å². The maximum atomic E-state index is 12.7. The summed E-state index contributed by atoms with van der Waals surface area (Å²) in [6, 6.07) is 13.8. The minimum Gasteiger partial charge on any atom is -0.496 e. The molecule has 0 radical (unpaired) electrons. The predicted octanol–water partition coefficient (Wildman–Crippen LogP) is 5.71. The van der Waals surface area contributed by atoms with Crippen LogP contribution in [0.2, 0.25) is 0 Å². The second-order valence-corrected chi connectivity index (χ2v) is 8.36. The molecule has 0 saturated heterocycles. The van der Waals surface area contributed by atoms with Gasteiger partial charge in [0, 0.05) is 34.0 Å². The SMILES string of the molecule is CCOC(=O)Cc1csc(NC(=O)/C=C(\C)c2cc3c(-c4ccccc4)coc3cc2OC)n1. The zero-order valence-corrected chi connectivity index (χ0v) is 19.9. The maximum absolute atomic E-state index is 12.7. The van der Waals surface area contributed by atoms with Crippen molar-refractivity contribution in [3.63, 3.8) is 0 Å². The Morgan fingerprint density at radius 3 is 2.74 bits per heavy atom. The summed E-state index contributed by atoms with van der Waals surface area (Å²) < 4.78 is 16.3. The molecule has 0 spiro atoms. The van der Waals surface area contributed by atoms with Gasteiger partial charge in [-0.1, -0.05) is 30.3 Å². The lowest BCUT2D eigenvalue weighted by Gasteiger charge is -2.10. The molecule has 0 atom stereocenters. The van der Waals surface area contributed by atoms with Crippen molar-refractivity contribution < 1.29 is 23.5 Å². The number of carbonyl (C=O) groups is 2. The van der Waals surface area contributed by atoms with Crippen molar-refractivity contribution in [2.45, 2.75) is 20.3 Å². The number of esters is 1. The van der Waals surface area contributed by atoms with Gasteiger partial charge in [-0.15, -0.1) is 11.3 Å². The van der Waals surface area contributed by atoms with E-state index in [-0.39, 0.29) is 18.3 Å². The summed E-state index contributed by atoms with van der Waals surface area (Å²) in [5.41, 5.74) is 4.77. The number of fused-ring (bicyclic) bond motifs is 1. The zero-order chi connectivity index (χ0) is 24.1. The van der Waals surface area contributed by atoms with Crippen LogP contribution in [0, 0.1) is 0 Å². The summed E-state index contributed by atoms with van der Waals surface area (Å²) in [4.78, 5) is 28.6. The molecule has 4 aromatic rings. The Bertz CT molecular complexity index is 1350. The molecule has 0 bridgehead atoms. The number of methoxy groups -OCH3 is 1. The largest absolute Gasteiger partial charge is 0.496 e. The van der Waals surface area contributed by atoms with Crippen LogP contribution in [0.4, 0.5) is 5.13 Å². The van der Waals surface area contributed by atoms with Crippen LogP contribution >= 0.6 is 11.3 Å². The molecule has 0 aliphatic carbocycles. The van der Waals surface area contributed by atoms with Gasteiger partial charge in [-0.25, -0.2) is 4.98 Å². The third-order valence-corrected chi connectivity index (χ3v) is 5.97. The smallest absolute Gasteiger partial charge is 0.311 e. The number of hydrogen-bond acceptors (Lipinski definition) is 7. The van der Waals surface area contributed by atoms with E-state index in [2.05, 4.69) is 10.3 Å². The van der Waals surface area contributed by atoms with Crippen molar-refractivity contribution in [2.75, 3.05) is 19.0 Å². The van der Waals surface area contributed by atoms with Crippen LogP contribution in [0.1, 0.15) is 25.1 Å². The fraction of sp³-hybridized carbons (Fsp3) is 0.192. The molecule has 2 aromatic heterocycles. The molecule has 1 N–H and O–H groups in total.